The van der Waals surface area contributed by atoms with Gasteiger partial charge in [-0.15, -0.1) is 0 Å². The van der Waals surface area contributed by atoms with Crippen molar-refractivity contribution in [2.75, 3.05) is 0 Å². The third-order valence-corrected chi connectivity index (χ3v) is 2.22. The van der Waals surface area contributed by atoms with E-state index in [1.165, 1.54) is 12.1 Å². The van der Waals surface area contributed by atoms with E-state index in [-0.39, 0.29) is 14.2 Å². The highest BCUT2D eigenvalue weighted by atomic mass is 31.1. The minimum absolute atomic E-state index is 0.00917. The van der Waals surface area contributed by atoms with E-state index in [0.29, 0.717) is 11.1 Å². The molecule has 4 nitrogen and oxygen atoms in total. The molecule has 0 spiro atoms. The van der Waals surface area contributed by atoms with Gasteiger partial charge in [0.2, 0.25) is 0 Å². The van der Waals surface area contributed by atoms with Crippen LogP contribution in [0.25, 0.3) is 0 Å². The molecule has 0 saturated heterocycles. The quantitative estimate of drug-likeness (QED) is 0.776. The number of phenols is 2. The summed E-state index contributed by atoms with van der Waals surface area (Å²) in [5, 5.41) is 18.1. The molecule has 2 N–H and O–H groups in total. The molecule has 2 aromatic carbocycles. The molecule has 0 aliphatic carbocycles. The summed E-state index contributed by atoms with van der Waals surface area (Å²) in [4.78, 5) is 8.00. The molecular weight excluding hydrogens is 251 g/mol. The Morgan fingerprint density at radius 3 is 1.56 bits per heavy atom. The fraction of sp³-hybridized carbons (Fsp3) is 0. The van der Waals surface area contributed by atoms with E-state index in [1.807, 2.05) is 12.9 Å². The maximum absolute atomic E-state index is 10.1. The first-order valence-electron chi connectivity index (χ1n) is 4.87. The minimum Gasteiger partial charge on any atom is -0.508 e. The number of hydrogen-bond donors (Lipinski definition) is 2. The summed E-state index contributed by atoms with van der Waals surface area (Å²) >= 11 is 0. The zero-order valence-electron chi connectivity index (χ0n) is 9.56. The van der Waals surface area contributed by atoms with Gasteiger partial charge in [0.15, 0.2) is 8.46 Å². The average Bonchev–Trinajstić information content (AvgIpc) is 2.43. The molecule has 5 heteroatoms. The van der Waals surface area contributed by atoms with Gasteiger partial charge in [-0.1, -0.05) is 18.2 Å². The topological polar surface area (TPSA) is 74.6 Å². The Balaban J connectivity index is 0.000000289. The first kappa shape index (κ1) is 15.8. The van der Waals surface area contributed by atoms with Gasteiger partial charge in [-0.25, -0.2) is 0 Å². The third-order valence-electron chi connectivity index (χ3n) is 1.71. The molecule has 0 fully saturated rings. The lowest BCUT2D eigenvalue weighted by Gasteiger charge is -1.87. The van der Waals surface area contributed by atoms with Crippen LogP contribution in [0.4, 0.5) is 0 Å². The van der Waals surface area contributed by atoms with E-state index >= 15 is 0 Å². The van der Waals surface area contributed by atoms with Gasteiger partial charge >= 0.3 is 0 Å². The molecule has 0 saturated carbocycles. The molecule has 0 aliphatic rings. The van der Waals surface area contributed by atoms with Gasteiger partial charge in [0.05, 0.1) is 0 Å². The van der Waals surface area contributed by atoms with Gasteiger partial charge in [0.25, 0.3) is 0 Å². The van der Waals surface area contributed by atoms with Crippen molar-refractivity contribution in [3.05, 3.63) is 54.6 Å². The van der Waals surface area contributed by atoms with E-state index in [9.17, 15) is 4.57 Å². The van der Waals surface area contributed by atoms with Gasteiger partial charge in [-0.3, -0.25) is 4.57 Å². The van der Waals surface area contributed by atoms with Crippen molar-refractivity contribution in [3.63, 3.8) is 0 Å². The Bertz CT molecular complexity index is 442. The molecule has 0 amide bonds. The summed E-state index contributed by atoms with van der Waals surface area (Å²) in [6, 6.07) is 14.9. The summed E-state index contributed by atoms with van der Waals surface area (Å²) in [6.07, 6.45) is 0. The zero-order chi connectivity index (χ0) is 13.8. The molecule has 0 atom stereocenters. The van der Waals surface area contributed by atoms with E-state index in [4.69, 9.17) is 15.0 Å². The lowest BCUT2D eigenvalue weighted by atomic mass is 10.3. The number of hydrogen-bond acceptors (Lipinski definition) is 4. The van der Waals surface area contributed by atoms with Crippen LogP contribution in [-0.2, 0) is 9.36 Å². The molecule has 0 heterocycles. The summed E-state index contributed by atoms with van der Waals surface area (Å²) in [6.45, 7) is 2.00. The Hall–Kier alpha value is -2.19. The normalized spacial score (nSPS) is 8.44. The molecule has 0 aromatic heterocycles. The Morgan fingerprint density at radius 1 is 0.778 bits per heavy atom. The highest BCUT2D eigenvalue weighted by molar-refractivity contribution is 7.34. The fourth-order valence-electron chi connectivity index (χ4n) is 0.941. The standard InChI is InChI=1S/C6H5O2P.C6H6O.CH2O/c7-5-1-3-6(9-8)4-2-5;7-6-4-2-1-3-5-6;1-2/h1-4,7H;1-5,7H;1H2. The molecule has 94 valence electrons. The maximum Gasteiger partial charge on any atom is 0.192 e. The fourth-order valence-corrected chi connectivity index (χ4v) is 1.21. The maximum atomic E-state index is 10.1. The summed E-state index contributed by atoms with van der Waals surface area (Å²) in [5.41, 5.74) is 0. The molecule has 0 bridgehead atoms. The van der Waals surface area contributed by atoms with E-state index < -0.39 is 0 Å². The average molecular weight is 264 g/mol. The number of aromatic hydroxyl groups is 2. The molecule has 0 radical (unpaired) electrons. The summed E-state index contributed by atoms with van der Waals surface area (Å²) in [7, 11) is -0.00917. The molecular formula is C13H13O4P. The number of carbonyl (C=O) groups excluding carboxylic acids is 1. The van der Waals surface area contributed by atoms with Crippen molar-refractivity contribution < 1.29 is 19.6 Å². The SMILES string of the molecule is C=O.O=Pc1ccc(O)cc1.Oc1ccccc1. The molecule has 18 heavy (non-hydrogen) atoms. The lowest BCUT2D eigenvalue weighted by Crippen LogP contribution is -1.85. The van der Waals surface area contributed by atoms with Crippen LogP contribution in [0.2, 0.25) is 0 Å². The smallest absolute Gasteiger partial charge is 0.192 e. The highest BCUT2D eigenvalue weighted by Gasteiger charge is 1.88. The van der Waals surface area contributed by atoms with Crippen LogP contribution >= 0.6 is 8.46 Å². The van der Waals surface area contributed by atoms with Crippen molar-refractivity contribution in [1.29, 1.82) is 0 Å². The van der Waals surface area contributed by atoms with Crippen molar-refractivity contribution in [1.82, 2.24) is 0 Å². The molecule has 2 aromatic rings. The third kappa shape index (κ3) is 7.14. The second kappa shape index (κ2) is 10.00. The van der Waals surface area contributed by atoms with Gasteiger partial charge in [-0.05, 0) is 36.4 Å². The van der Waals surface area contributed by atoms with Crippen LogP contribution in [0.15, 0.2) is 54.6 Å². The Morgan fingerprint density at radius 2 is 1.22 bits per heavy atom. The van der Waals surface area contributed by atoms with Crippen LogP contribution < -0.4 is 5.30 Å². The van der Waals surface area contributed by atoms with Crippen molar-refractivity contribution in [2.45, 2.75) is 0 Å². The minimum atomic E-state index is -0.00917. The zero-order valence-corrected chi connectivity index (χ0v) is 10.5. The lowest BCUT2D eigenvalue weighted by molar-refractivity contribution is -0.0979. The largest absolute Gasteiger partial charge is 0.508 e. The molecule has 0 unspecified atom stereocenters. The predicted octanol–water partition coefficient (Wildman–Crippen LogP) is 2.52. The number of benzene rings is 2. The van der Waals surface area contributed by atoms with Crippen molar-refractivity contribution in [3.8, 4) is 11.5 Å². The van der Waals surface area contributed by atoms with Crippen molar-refractivity contribution >= 4 is 20.6 Å². The van der Waals surface area contributed by atoms with Crippen LogP contribution in [0.5, 0.6) is 11.5 Å². The Labute approximate surface area is 107 Å². The van der Waals surface area contributed by atoms with Gasteiger partial charge < -0.3 is 15.0 Å². The number of rotatable bonds is 1. The number of phenolic OH excluding ortho intramolecular Hbond substituents is 2. The Kier molecular flexibility index (Phi) is 8.78. The van der Waals surface area contributed by atoms with E-state index in [1.54, 1.807) is 36.4 Å². The molecule has 2 rings (SSSR count). The second-order valence-corrected chi connectivity index (χ2v) is 3.64. The summed E-state index contributed by atoms with van der Waals surface area (Å²) in [5.74, 6) is 0.518. The predicted molar refractivity (Wildman–Crippen MR) is 70.6 cm³/mol. The van der Waals surface area contributed by atoms with Crippen LogP contribution in [0, 0.1) is 0 Å². The first-order valence-corrected chi connectivity index (χ1v) is 5.69. The monoisotopic (exact) mass is 264 g/mol. The van der Waals surface area contributed by atoms with E-state index in [2.05, 4.69) is 0 Å². The van der Waals surface area contributed by atoms with Crippen molar-refractivity contribution in [2.24, 2.45) is 0 Å². The second-order valence-electron chi connectivity index (χ2n) is 2.94. The first-order chi connectivity index (χ1) is 8.72. The van der Waals surface area contributed by atoms with Crippen LogP contribution in [0.1, 0.15) is 0 Å². The van der Waals surface area contributed by atoms with Gasteiger partial charge in [-0.2, -0.15) is 0 Å². The summed E-state index contributed by atoms with van der Waals surface area (Å²) < 4.78 is 10.1. The van der Waals surface area contributed by atoms with E-state index in [0.717, 1.165) is 0 Å². The van der Waals surface area contributed by atoms with Crippen LogP contribution in [0.3, 0.4) is 0 Å². The van der Waals surface area contributed by atoms with Gasteiger partial charge in [0, 0.05) is 5.30 Å². The van der Waals surface area contributed by atoms with Crippen LogP contribution in [-0.4, -0.2) is 17.0 Å². The number of para-hydroxylation sites is 1. The number of carbonyl (C=O) groups is 1. The molecule has 0 aliphatic heterocycles. The van der Waals surface area contributed by atoms with Gasteiger partial charge in [0.1, 0.15) is 18.3 Å². The highest BCUT2D eigenvalue weighted by Crippen LogP contribution is 2.05.